The third kappa shape index (κ3) is 3.10. The fourth-order valence-corrected chi connectivity index (χ4v) is 4.01. The Morgan fingerprint density at radius 3 is 2.80 bits per heavy atom. The van der Waals surface area contributed by atoms with E-state index in [4.69, 9.17) is 0 Å². The molecule has 25 heavy (non-hydrogen) atoms. The topological polar surface area (TPSA) is 110 Å². The van der Waals surface area contributed by atoms with E-state index in [0.29, 0.717) is 18.7 Å². The largest absolute Gasteiger partial charge is 0.356 e. The summed E-state index contributed by atoms with van der Waals surface area (Å²) in [5, 5.41) is 17.8. The molecule has 1 N–H and O–H groups in total. The fraction of sp³-hybridized carbons (Fsp3) is 0.688. The van der Waals surface area contributed by atoms with E-state index in [1.165, 1.54) is 17.3 Å². The number of rotatable bonds is 2. The summed E-state index contributed by atoms with van der Waals surface area (Å²) in [6.45, 7) is 1.58. The minimum atomic E-state index is -0.468. The number of fused-ring (bicyclic) bond motifs is 1. The van der Waals surface area contributed by atoms with Gasteiger partial charge in [0.05, 0.1) is 11.3 Å². The average molecular weight is 349 g/mol. The summed E-state index contributed by atoms with van der Waals surface area (Å²) in [5.41, 5.74) is 0.122. The molecule has 3 aliphatic rings. The lowest BCUT2D eigenvalue weighted by Crippen LogP contribution is -2.58. The molecule has 136 valence electrons. The van der Waals surface area contributed by atoms with Crippen LogP contribution in [-0.4, -0.2) is 44.5 Å². The molecule has 9 heteroatoms. The van der Waals surface area contributed by atoms with E-state index in [0.717, 1.165) is 38.6 Å². The van der Waals surface area contributed by atoms with Gasteiger partial charge in [0, 0.05) is 26.6 Å². The van der Waals surface area contributed by atoms with E-state index in [9.17, 15) is 19.7 Å². The third-order valence-corrected chi connectivity index (χ3v) is 5.19. The number of β-lactam (4-membered cyclic amide) rings is 1. The Hall–Kier alpha value is -2.45. The maximum Gasteiger partial charge on any atom is 0.312 e. The summed E-state index contributed by atoms with van der Waals surface area (Å²) in [6, 6.07) is 0. The van der Waals surface area contributed by atoms with Crippen LogP contribution in [-0.2, 0) is 22.2 Å². The molecule has 1 atom stereocenters. The monoisotopic (exact) mass is 349 g/mol. The van der Waals surface area contributed by atoms with Gasteiger partial charge in [-0.05, 0) is 25.7 Å². The third-order valence-electron chi connectivity index (χ3n) is 5.19. The Bertz CT molecular complexity index is 691. The van der Waals surface area contributed by atoms with Crippen molar-refractivity contribution in [2.24, 2.45) is 7.05 Å². The Morgan fingerprint density at radius 1 is 1.28 bits per heavy atom. The van der Waals surface area contributed by atoms with Gasteiger partial charge >= 0.3 is 5.69 Å². The van der Waals surface area contributed by atoms with Crippen LogP contribution in [0.1, 0.15) is 50.6 Å². The number of aryl methyl sites for hydroxylation is 1. The molecular formula is C16H23N5O4. The second kappa shape index (κ2) is 6.81. The fourth-order valence-electron chi connectivity index (χ4n) is 4.01. The number of carbonyl (C=O) groups is 2. The van der Waals surface area contributed by atoms with Gasteiger partial charge in [-0.15, -0.1) is 0 Å². The molecule has 3 saturated heterocycles. The summed E-state index contributed by atoms with van der Waals surface area (Å²) in [5.74, 6) is 0.306. The molecule has 2 amide bonds. The van der Waals surface area contributed by atoms with Crippen LogP contribution in [0, 0.1) is 10.1 Å². The number of nitrogens with one attached hydrogen (secondary N) is 1. The SMILES string of the molecule is Cn1ncc([N+](=O)[O-])c1C12CCCN1C(=O)C2.O=C1CCCCCN1. The normalized spacial score (nSPS) is 25.2. The van der Waals surface area contributed by atoms with E-state index in [-0.39, 0.29) is 17.5 Å². The van der Waals surface area contributed by atoms with E-state index in [1.54, 1.807) is 11.9 Å². The van der Waals surface area contributed by atoms with Crippen molar-refractivity contribution in [3.63, 3.8) is 0 Å². The minimum Gasteiger partial charge on any atom is -0.356 e. The van der Waals surface area contributed by atoms with Crippen LogP contribution in [0.5, 0.6) is 0 Å². The van der Waals surface area contributed by atoms with Crippen molar-refractivity contribution in [1.82, 2.24) is 20.0 Å². The van der Waals surface area contributed by atoms with Crippen molar-refractivity contribution >= 4 is 17.5 Å². The van der Waals surface area contributed by atoms with Gasteiger partial charge in [0.25, 0.3) is 0 Å². The van der Waals surface area contributed by atoms with Gasteiger partial charge in [-0.3, -0.25) is 24.4 Å². The first-order valence-electron chi connectivity index (χ1n) is 8.70. The molecule has 0 saturated carbocycles. The molecule has 3 fully saturated rings. The van der Waals surface area contributed by atoms with Gasteiger partial charge in [-0.2, -0.15) is 5.10 Å². The van der Waals surface area contributed by atoms with Crippen molar-refractivity contribution in [1.29, 1.82) is 0 Å². The maximum atomic E-state index is 11.5. The van der Waals surface area contributed by atoms with Crippen molar-refractivity contribution in [2.45, 2.75) is 50.5 Å². The molecular weight excluding hydrogens is 326 g/mol. The highest BCUT2D eigenvalue weighted by Crippen LogP contribution is 2.51. The number of amides is 2. The zero-order valence-corrected chi connectivity index (χ0v) is 14.4. The van der Waals surface area contributed by atoms with E-state index in [2.05, 4.69) is 10.4 Å². The summed E-state index contributed by atoms with van der Waals surface area (Å²) in [6.07, 6.45) is 7.50. The first kappa shape index (κ1) is 17.4. The smallest absolute Gasteiger partial charge is 0.312 e. The lowest BCUT2D eigenvalue weighted by atomic mass is 9.80. The van der Waals surface area contributed by atoms with Gasteiger partial charge in [0.1, 0.15) is 17.4 Å². The molecule has 1 aromatic rings. The number of carbonyl (C=O) groups excluding carboxylic acids is 2. The van der Waals surface area contributed by atoms with Crippen LogP contribution in [0.2, 0.25) is 0 Å². The quantitative estimate of drug-likeness (QED) is 0.490. The van der Waals surface area contributed by atoms with Crippen LogP contribution in [0.25, 0.3) is 0 Å². The minimum absolute atomic E-state index is 0.0203. The zero-order valence-electron chi connectivity index (χ0n) is 14.4. The highest BCUT2D eigenvalue weighted by Gasteiger charge is 2.58. The van der Waals surface area contributed by atoms with Gasteiger partial charge in [0.15, 0.2) is 0 Å². The molecule has 9 nitrogen and oxygen atoms in total. The summed E-state index contributed by atoms with van der Waals surface area (Å²) in [4.78, 5) is 34.4. The summed E-state index contributed by atoms with van der Waals surface area (Å²) in [7, 11) is 1.69. The van der Waals surface area contributed by atoms with Gasteiger partial charge in [0.2, 0.25) is 11.8 Å². The predicted molar refractivity (Wildman–Crippen MR) is 88.6 cm³/mol. The predicted octanol–water partition coefficient (Wildman–Crippen LogP) is 1.23. The Kier molecular flexibility index (Phi) is 4.73. The van der Waals surface area contributed by atoms with E-state index < -0.39 is 10.5 Å². The maximum absolute atomic E-state index is 11.5. The van der Waals surface area contributed by atoms with Crippen LogP contribution < -0.4 is 5.32 Å². The number of aromatic nitrogens is 2. The van der Waals surface area contributed by atoms with Crippen molar-refractivity contribution in [3.05, 3.63) is 22.0 Å². The van der Waals surface area contributed by atoms with Gasteiger partial charge < -0.3 is 10.2 Å². The number of hydrogen-bond acceptors (Lipinski definition) is 5. The lowest BCUT2D eigenvalue weighted by molar-refractivity contribution is -0.386. The molecule has 1 unspecified atom stereocenters. The number of nitro groups is 1. The highest BCUT2D eigenvalue weighted by molar-refractivity contribution is 5.86. The number of nitrogens with zero attached hydrogens (tertiary/aromatic N) is 4. The molecule has 0 spiro atoms. The molecule has 0 bridgehead atoms. The first-order valence-corrected chi connectivity index (χ1v) is 8.70. The Labute approximate surface area is 145 Å². The molecule has 0 radical (unpaired) electrons. The van der Waals surface area contributed by atoms with E-state index in [1.807, 2.05) is 0 Å². The molecule has 4 rings (SSSR count). The van der Waals surface area contributed by atoms with Crippen LogP contribution in [0.15, 0.2) is 6.20 Å². The highest BCUT2D eigenvalue weighted by atomic mass is 16.6. The average Bonchev–Trinajstić information content (AvgIpc) is 3.01. The first-order chi connectivity index (χ1) is 12.0. The molecule has 4 heterocycles. The van der Waals surface area contributed by atoms with Crippen molar-refractivity contribution < 1.29 is 14.5 Å². The standard InChI is InChI=1S/C10H12N4O3.C6H11NO/c1-12-9(7(6-11-12)14(16)17)10-3-2-4-13(10)8(15)5-10;8-6-4-2-1-3-5-7-6/h6H,2-5H2,1H3;1-5H2,(H,7,8). The Balaban J connectivity index is 0.000000192. The molecule has 0 aromatic carbocycles. The van der Waals surface area contributed by atoms with E-state index >= 15 is 0 Å². The van der Waals surface area contributed by atoms with Crippen molar-refractivity contribution in [2.75, 3.05) is 13.1 Å². The molecule has 0 aliphatic carbocycles. The van der Waals surface area contributed by atoms with Gasteiger partial charge in [-0.1, -0.05) is 6.42 Å². The van der Waals surface area contributed by atoms with Crippen LogP contribution in [0.3, 0.4) is 0 Å². The van der Waals surface area contributed by atoms with Crippen LogP contribution in [0.4, 0.5) is 5.69 Å². The van der Waals surface area contributed by atoms with Gasteiger partial charge in [-0.25, -0.2) is 0 Å². The lowest BCUT2D eigenvalue weighted by Gasteiger charge is -2.46. The number of hydrogen-bond donors (Lipinski definition) is 1. The molecule has 1 aromatic heterocycles. The molecule has 3 aliphatic heterocycles. The van der Waals surface area contributed by atoms with Crippen LogP contribution >= 0.6 is 0 Å². The Morgan fingerprint density at radius 2 is 2.08 bits per heavy atom. The second-order valence-corrected chi connectivity index (χ2v) is 6.78. The summed E-state index contributed by atoms with van der Waals surface area (Å²) < 4.78 is 1.53. The second-order valence-electron chi connectivity index (χ2n) is 6.78. The van der Waals surface area contributed by atoms with Crippen molar-refractivity contribution in [3.8, 4) is 0 Å². The summed E-state index contributed by atoms with van der Waals surface area (Å²) >= 11 is 0. The zero-order chi connectivity index (χ0) is 18.0.